The molecule has 0 aliphatic carbocycles. The van der Waals surface area contributed by atoms with Crippen LogP contribution in [0.25, 0.3) is 11.0 Å². The SMILES string of the molecule is N=c1oc2ccc(Br)cc2cc1C(=O)NCc1ccncc1. The quantitative estimate of drug-likeness (QED) is 0.756. The number of hydrogen-bond donors (Lipinski definition) is 2. The molecule has 2 heterocycles. The van der Waals surface area contributed by atoms with Crippen LogP contribution in [0, 0.1) is 5.41 Å². The van der Waals surface area contributed by atoms with E-state index in [0.29, 0.717) is 12.1 Å². The number of nitrogens with one attached hydrogen (secondary N) is 2. The Morgan fingerprint density at radius 1 is 1.23 bits per heavy atom. The summed E-state index contributed by atoms with van der Waals surface area (Å²) in [6.45, 7) is 0.372. The van der Waals surface area contributed by atoms with E-state index in [2.05, 4.69) is 26.2 Å². The summed E-state index contributed by atoms with van der Waals surface area (Å²) in [5.41, 5.74) is 1.57. The van der Waals surface area contributed by atoms with Gasteiger partial charge in [-0.1, -0.05) is 15.9 Å². The highest BCUT2D eigenvalue weighted by Gasteiger charge is 2.11. The number of hydrogen-bond acceptors (Lipinski definition) is 4. The second-order valence-electron chi connectivity index (χ2n) is 4.71. The smallest absolute Gasteiger partial charge is 0.257 e. The number of rotatable bonds is 3. The van der Waals surface area contributed by atoms with Crippen LogP contribution in [-0.4, -0.2) is 10.9 Å². The summed E-state index contributed by atoms with van der Waals surface area (Å²) in [4.78, 5) is 16.2. The number of pyridine rings is 1. The highest BCUT2D eigenvalue weighted by Crippen LogP contribution is 2.19. The predicted molar refractivity (Wildman–Crippen MR) is 85.2 cm³/mol. The molecule has 2 N–H and O–H groups in total. The Balaban J connectivity index is 1.87. The molecule has 1 aromatic carbocycles. The molecule has 22 heavy (non-hydrogen) atoms. The molecule has 0 unspecified atom stereocenters. The first kappa shape index (κ1) is 14.5. The van der Waals surface area contributed by atoms with Crippen molar-refractivity contribution in [3.8, 4) is 0 Å². The summed E-state index contributed by atoms with van der Waals surface area (Å²) >= 11 is 3.38. The van der Waals surface area contributed by atoms with Crippen molar-refractivity contribution >= 4 is 32.8 Å². The first-order valence-electron chi connectivity index (χ1n) is 6.58. The van der Waals surface area contributed by atoms with Gasteiger partial charge in [0.1, 0.15) is 11.1 Å². The van der Waals surface area contributed by atoms with Gasteiger partial charge in [0.15, 0.2) is 0 Å². The van der Waals surface area contributed by atoms with Gasteiger partial charge >= 0.3 is 0 Å². The number of halogens is 1. The van der Waals surface area contributed by atoms with E-state index in [1.807, 2.05) is 24.3 Å². The largest absolute Gasteiger partial charge is 0.438 e. The molecule has 5 nitrogen and oxygen atoms in total. The number of fused-ring (bicyclic) bond motifs is 1. The van der Waals surface area contributed by atoms with Gasteiger partial charge in [-0.05, 0) is 42.0 Å². The van der Waals surface area contributed by atoms with E-state index >= 15 is 0 Å². The van der Waals surface area contributed by atoms with Gasteiger partial charge in [-0.15, -0.1) is 0 Å². The fourth-order valence-corrected chi connectivity index (χ4v) is 2.44. The molecular weight excluding hydrogens is 346 g/mol. The fourth-order valence-electron chi connectivity index (χ4n) is 2.06. The molecule has 110 valence electrons. The minimum Gasteiger partial charge on any atom is -0.438 e. The van der Waals surface area contributed by atoms with Gasteiger partial charge in [-0.25, -0.2) is 0 Å². The van der Waals surface area contributed by atoms with Gasteiger partial charge in [-0.3, -0.25) is 15.2 Å². The van der Waals surface area contributed by atoms with Crippen LogP contribution in [0.4, 0.5) is 0 Å². The highest BCUT2D eigenvalue weighted by molar-refractivity contribution is 9.10. The lowest BCUT2D eigenvalue weighted by molar-refractivity contribution is 0.0946. The molecule has 1 amide bonds. The normalized spacial score (nSPS) is 10.6. The van der Waals surface area contributed by atoms with Gasteiger partial charge in [0.05, 0.1) is 0 Å². The summed E-state index contributed by atoms with van der Waals surface area (Å²) in [6.07, 6.45) is 3.33. The molecule has 0 radical (unpaired) electrons. The van der Waals surface area contributed by atoms with E-state index in [-0.39, 0.29) is 17.0 Å². The maximum atomic E-state index is 12.2. The Hall–Kier alpha value is -2.47. The van der Waals surface area contributed by atoms with Crippen LogP contribution in [0.3, 0.4) is 0 Å². The van der Waals surface area contributed by atoms with Crippen molar-refractivity contribution in [2.24, 2.45) is 0 Å². The van der Waals surface area contributed by atoms with Crippen molar-refractivity contribution in [1.29, 1.82) is 5.41 Å². The lowest BCUT2D eigenvalue weighted by Gasteiger charge is -2.06. The van der Waals surface area contributed by atoms with Crippen LogP contribution in [0.1, 0.15) is 15.9 Å². The van der Waals surface area contributed by atoms with Crippen molar-refractivity contribution in [3.05, 3.63) is 69.9 Å². The molecule has 0 saturated carbocycles. The number of carbonyl (C=O) groups excluding carboxylic acids is 1. The number of amides is 1. The van der Waals surface area contributed by atoms with E-state index in [9.17, 15) is 4.79 Å². The fraction of sp³-hybridized carbons (Fsp3) is 0.0625. The molecule has 3 rings (SSSR count). The molecule has 0 aliphatic rings. The average molecular weight is 358 g/mol. The van der Waals surface area contributed by atoms with E-state index in [1.54, 1.807) is 24.5 Å². The van der Waals surface area contributed by atoms with Crippen molar-refractivity contribution < 1.29 is 9.21 Å². The second kappa shape index (κ2) is 6.11. The molecule has 0 spiro atoms. The topological polar surface area (TPSA) is 79.0 Å². The summed E-state index contributed by atoms with van der Waals surface area (Å²) in [5, 5.41) is 11.4. The van der Waals surface area contributed by atoms with Gasteiger partial charge < -0.3 is 9.73 Å². The van der Waals surface area contributed by atoms with Crippen molar-refractivity contribution in [2.75, 3.05) is 0 Å². The van der Waals surface area contributed by atoms with Crippen molar-refractivity contribution in [1.82, 2.24) is 10.3 Å². The maximum absolute atomic E-state index is 12.2. The van der Waals surface area contributed by atoms with Gasteiger partial charge in [-0.2, -0.15) is 0 Å². The van der Waals surface area contributed by atoms with Crippen LogP contribution in [0.5, 0.6) is 0 Å². The Kier molecular flexibility index (Phi) is 4.02. The third-order valence-corrected chi connectivity index (χ3v) is 3.67. The molecular formula is C16H12BrN3O2. The summed E-state index contributed by atoms with van der Waals surface area (Å²) < 4.78 is 6.28. The molecule has 0 aliphatic heterocycles. The molecule has 0 fully saturated rings. The van der Waals surface area contributed by atoms with E-state index < -0.39 is 0 Å². The maximum Gasteiger partial charge on any atom is 0.257 e. The number of nitrogens with zero attached hydrogens (tertiary/aromatic N) is 1. The lowest BCUT2D eigenvalue weighted by Crippen LogP contribution is -2.27. The van der Waals surface area contributed by atoms with Crippen molar-refractivity contribution in [2.45, 2.75) is 6.54 Å². The minimum absolute atomic E-state index is 0.151. The van der Waals surface area contributed by atoms with Crippen LogP contribution in [0.15, 0.2) is 57.7 Å². The first-order chi connectivity index (χ1) is 10.6. The average Bonchev–Trinajstić information content (AvgIpc) is 2.53. The molecule has 0 atom stereocenters. The Morgan fingerprint density at radius 3 is 2.77 bits per heavy atom. The molecule has 0 saturated heterocycles. The van der Waals surface area contributed by atoms with Crippen LogP contribution in [0.2, 0.25) is 0 Å². The Bertz CT molecular complexity index is 891. The van der Waals surface area contributed by atoms with Gasteiger partial charge in [0, 0.05) is 28.8 Å². The minimum atomic E-state index is -0.340. The number of carbonyl (C=O) groups is 1. The third kappa shape index (κ3) is 3.07. The standard InChI is InChI=1S/C16H12BrN3O2/c17-12-1-2-14-11(7-12)8-13(15(18)22-14)16(21)20-9-10-3-5-19-6-4-10/h1-8,18H,9H2,(H,20,21). The summed E-state index contributed by atoms with van der Waals surface area (Å²) in [6, 6.07) is 10.7. The van der Waals surface area contributed by atoms with Crippen LogP contribution < -0.4 is 10.9 Å². The zero-order valence-electron chi connectivity index (χ0n) is 11.5. The zero-order chi connectivity index (χ0) is 15.5. The van der Waals surface area contributed by atoms with E-state index in [1.165, 1.54) is 0 Å². The Morgan fingerprint density at radius 2 is 2.00 bits per heavy atom. The lowest BCUT2D eigenvalue weighted by atomic mass is 10.1. The number of aromatic nitrogens is 1. The van der Waals surface area contributed by atoms with Gasteiger partial charge in [0.25, 0.3) is 5.91 Å². The van der Waals surface area contributed by atoms with Crippen LogP contribution >= 0.6 is 15.9 Å². The summed E-state index contributed by atoms with van der Waals surface area (Å²) in [7, 11) is 0. The summed E-state index contributed by atoms with van der Waals surface area (Å²) in [5.74, 6) is -0.340. The molecule has 2 aromatic heterocycles. The van der Waals surface area contributed by atoms with E-state index in [4.69, 9.17) is 9.83 Å². The van der Waals surface area contributed by atoms with Crippen molar-refractivity contribution in [3.63, 3.8) is 0 Å². The molecule has 6 heteroatoms. The van der Waals surface area contributed by atoms with E-state index in [0.717, 1.165) is 15.4 Å². The molecule has 3 aromatic rings. The van der Waals surface area contributed by atoms with Crippen LogP contribution in [-0.2, 0) is 6.54 Å². The molecule has 0 bridgehead atoms. The monoisotopic (exact) mass is 357 g/mol. The highest BCUT2D eigenvalue weighted by atomic mass is 79.9. The van der Waals surface area contributed by atoms with Gasteiger partial charge in [0.2, 0.25) is 5.55 Å². The second-order valence-corrected chi connectivity index (χ2v) is 5.63. The predicted octanol–water partition coefficient (Wildman–Crippen LogP) is 3.00. The number of benzene rings is 1. The first-order valence-corrected chi connectivity index (χ1v) is 7.38. The third-order valence-electron chi connectivity index (χ3n) is 3.18. The Labute approximate surface area is 134 Å². The zero-order valence-corrected chi connectivity index (χ0v) is 13.1.